The van der Waals surface area contributed by atoms with E-state index in [-0.39, 0.29) is 18.0 Å². The van der Waals surface area contributed by atoms with Crippen LogP contribution in [0.2, 0.25) is 0 Å². The van der Waals surface area contributed by atoms with Crippen LogP contribution in [0.3, 0.4) is 0 Å². The van der Waals surface area contributed by atoms with Crippen LogP contribution in [0.5, 0.6) is 0 Å². The molecule has 0 radical (unpaired) electrons. The second-order valence-electron chi connectivity index (χ2n) is 4.67. The fourth-order valence-corrected chi connectivity index (χ4v) is 2.14. The minimum atomic E-state index is -4.40. The zero-order valence-electron chi connectivity index (χ0n) is 10.7. The SMILES string of the molecule is CC(C)CN(CC(F)(F)F)C(=O)c1ccccc1Br. The zero-order valence-corrected chi connectivity index (χ0v) is 12.3. The molecule has 0 aromatic heterocycles. The minimum absolute atomic E-state index is 0.0335. The molecule has 1 rings (SSSR count). The molecule has 0 heterocycles. The van der Waals surface area contributed by atoms with E-state index >= 15 is 0 Å². The highest BCUT2D eigenvalue weighted by atomic mass is 79.9. The predicted molar refractivity (Wildman–Crippen MR) is 70.9 cm³/mol. The lowest BCUT2D eigenvalue weighted by atomic mass is 10.1. The van der Waals surface area contributed by atoms with E-state index < -0.39 is 18.6 Å². The van der Waals surface area contributed by atoms with Gasteiger partial charge in [0.2, 0.25) is 0 Å². The largest absolute Gasteiger partial charge is 0.406 e. The van der Waals surface area contributed by atoms with Crippen LogP contribution in [-0.2, 0) is 0 Å². The van der Waals surface area contributed by atoms with Crippen molar-refractivity contribution in [1.82, 2.24) is 4.90 Å². The highest BCUT2D eigenvalue weighted by Crippen LogP contribution is 2.22. The van der Waals surface area contributed by atoms with Crippen molar-refractivity contribution in [3.05, 3.63) is 34.3 Å². The Kier molecular flexibility index (Phi) is 5.40. The third kappa shape index (κ3) is 5.22. The lowest BCUT2D eigenvalue weighted by molar-refractivity contribution is -0.141. The van der Waals surface area contributed by atoms with Crippen LogP contribution in [0.4, 0.5) is 13.2 Å². The van der Waals surface area contributed by atoms with Gasteiger partial charge < -0.3 is 4.90 Å². The Balaban J connectivity index is 2.97. The molecule has 2 nitrogen and oxygen atoms in total. The first-order chi connectivity index (χ1) is 8.70. The van der Waals surface area contributed by atoms with Gasteiger partial charge in [0.05, 0.1) is 5.56 Å². The van der Waals surface area contributed by atoms with Gasteiger partial charge in [0, 0.05) is 11.0 Å². The van der Waals surface area contributed by atoms with Crippen molar-refractivity contribution in [2.45, 2.75) is 20.0 Å². The first-order valence-corrected chi connectivity index (χ1v) is 6.60. The molecule has 0 atom stereocenters. The van der Waals surface area contributed by atoms with Gasteiger partial charge in [-0.25, -0.2) is 0 Å². The van der Waals surface area contributed by atoms with Crippen molar-refractivity contribution < 1.29 is 18.0 Å². The standard InChI is InChI=1S/C13H15BrF3NO/c1-9(2)7-18(8-13(15,16)17)12(19)10-5-3-4-6-11(10)14/h3-6,9H,7-8H2,1-2H3. The molecular formula is C13H15BrF3NO. The van der Waals surface area contributed by atoms with Crippen LogP contribution in [0.25, 0.3) is 0 Å². The molecule has 0 fully saturated rings. The first-order valence-electron chi connectivity index (χ1n) is 5.81. The maximum atomic E-state index is 12.5. The molecule has 0 saturated heterocycles. The highest BCUT2D eigenvalue weighted by Gasteiger charge is 2.33. The summed E-state index contributed by atoms with van der Waals surface area (Å²) < 4.78 is 38.1. The lowest BCUT2D eigenvalue weighted by Gasteiger charge is -2.26. The molecule has 106 valence electrons. The van der Waals surface area contributed by atoms with Gasteiger partial charge in [-0.2, -0.15) is 13.2 Å². The maximum Gasteiger partial charge on any atom is 0.406 e. The molecule has 0 bridgehead atoms. The summed E-state index contributed by atoms with van der Waals surface area (Å²) in [6, 6.07) is 6.47. The van der Waals surface area contributed by atoms with Crippen molar-refractivity contribution in [2.24, 2.45) is 5.92 Å². The number of amides is 1. The van der Waals surface area contributed by atoms with E-state index in [0.717, 1.165) is 4.90 Å². The number of carbonyl (C=O) groups excluding carboxylic acids is 1. The van der Waals surface area contributed by atoms with Gasteiger partial charge in [0.25, 0.3) is 5.91 Å². The lowest BCUT2D eigenvalue weighted by Crippen LogP contribution is -2.41. The number of carbonyl (C=O) groups is 1. The van der Waals surface area contributed by atoms with E-state index in [1.807, 2.05) is 0 Å². The van der Waals surface area contributed by atoms with Gasteiger partial charge in [-0.05, 0) is 34.0 Å². The molecule has 0 N–H and O–H groups in total. The van der Waals surface area contributed by atoms with Crippen molar-refractivity contribution >= 4 is 21.8 Å². The number of hydrogen-bond acceptors (Lipinski definition) is 1. The van der Waals surface area contributed by atoms with E-state index in [1.54, 1.807) is 32.0 Å². The third-order valence-corrected chi connectivity index (χ3v) is 3.04. The molecule has 0 saturated carbocycles. The molecule has 19 heavy (non-hydrogen) atoms. The summed E-state index contributed by atoms with van der Waals surface area (Å²) in [5.41, 5.74) is 0.243. The van der Waals surface area contributed by atoms with E-state index in [1.165, 1.54) is 6.07 Å². The average molecular weight is 338 g/mol. The van der Waals surface area contributed by atoms with E-state index in [2.05, 4.69) is 15.9 Å². The van der Waals surface area contributed by atoms with Crippen molar-refractivity contribution in [3.63, 3.8) is 0 Å². The van der Waals surface area contributed by atoms with E-state index in [9.17, 15) is 18.0 Å². The quantitative estimate of drug-likeness (QED) is 0.809. The summed E-state index contributed by atoms with van der Waals surface area (Å²) in [4.78, 5) is 13.0. The van der Waals surface area contributed by atoms with Gasteiger partial charge in [-0.15, -0.1) is 0 Å². The van der Waals surface area contributed by atoms with Crippen molar-refractivity contribution in [3.8, 4) is 0 Å². The number of alkyl halides is 3. The van der Waals surface area contributed by atoms with Crippen molar-refractivity contribution in [1.29, 1.82) is 0 Å². The number of benzene rings is 1. The van der Waals surface area contributed by atoms with Crippen LogP contribution in [0.1, 0.15) is 24.2 Å². The van der Waals surface area contributed by atoms with Crippen LogP contribution < -0.4 is 0 Å². The zero-order chi connectivity index (χ0) is 14.6. The monoisotopic (exact) mass is 337 g/mol. The topological polar surface area (TPSA) is 20.3 Å². The maximum absolute atomic E-state index is 12.5. The molecule has 6 heteroatoms. The number of nitrogens with zero attached hydrogens (tertiary/aromatic N) is 1. The summed E-state index contributed by atoms with van der Waals surface area (Å²) >= 11 is 3.18. The number of halogens is 4. The molecule has 0 aliphatic heterocycles. The molecule has 1 aromatic carbocycles. The van der Waals surface area contributed by atoms with Gasteiger partial charge in [-0.3, -0.25) is 4.79 Å². The van der Waals surface area contributed by atoms with Crippen LogP contribution in [0.15, 0.2) is 28.7 Å². The Bertz CT molecular complexity index is 446. The predicted octanol–water partition coefficient (Wildman–Crippen LogP) is 4.11. The van der Waals surface area contributed by atoms with Crippen LogP contribution in [0, 0.1) is 5.92 Å². The highest BCUT2D eigenvalue weighted by molar-refractivity contribution is 9.10. The fraction of sp³-hybridized carbons (Fsp3) is 0.462. The fourth-order valence-electron chi connectivity index (χ4n) is 1.68. The molecule has 1 aromatic rings. The first kappa shape index (κ1) is 16.0. The van der Waals surface area contributed by atoms with Gasteiger partial charge in [0.1, 0.15) is 6.54 Å². The minimum Gasteiger partial charge on any atom is -0.329 e. The summed E-state index contributed by atoms with van der Waals surface area (Å²) in [6.45, 7) is 2.39. The van der Waals surface area contributed by atoms with E-state index in [4.69, 9.17) is 0 Å². The summed E-state index contributed by atoms with van der Waals surface area (Å²) in [5.74, 6) is -0.646. The second-order valence-corrected chi connectivity index (χ2v) is 5.53. The average Bonchev–Trinajstić information content (AvgIpc) is 2.25. The Morgan fingerprint density at radius 3 is 2.37 bits per heavy atom. The summed E-state index contributed by atoms with van der Waals surface area (Å²) in [6.07, 6.45) is -4.40. The Morgan fingerprint density at radius 1 is 1.32 bits per heavy atom. The second kappa shape index (κ2) is 6.41. The van der Waals surface area contributed by atoms with Gasteiger partial charge in [0.15, 0.2) is 0 Å². The molecule has 0 spiro atoms. The van der Waals surface area contributed by atoms with Crippen LogP contribution in [-0.4, -0.2) is 30.1 Å². The van der Waals surface area contributed by atoms with Gasteiger partial charge in [-0.1, -0.05) is 26.0 Å². The smallest absolute Gasteiger partial charge is 0.329 e. The van der Waals surface area contributed by atoms with Gasteiger partial charge >= 0.3 is 6.18 Å². The molecule has 1 amide bonds. The summed E-state index contributed by atoms with van der Waals surface area (Å²) in [7, 11) is 0. The molecule has 0 aliphatic rings. The van der Waals surface area contributed by atoms with Crippen LogP contribution >= 0.6 is 15.9 Å². The Labute approximate surface area is 118 Å². The third-order valence-electron chi connectivity index (χ3n) is 2.35. The Morgan fingerprint density at radius 2 is 1.89 bits per heavy atom. The number of rotatable bonds is 4. The normalized spacial score (nSPS) is 11.7. The molecular weight excluding hydrogens is 323 g/mol. The van der Waals surface area contributed by atoms with Crippen molar-refractivity contribution in [2.75, 3.05) is 13.1 Å². The number of hydrogen-bond donors (Lipinski definition) is 0. The Hall–Kier alpha value is -1.04. The molecule has 0 aliphatic carbocycles. The summed E-state index contributed by atoms with van der Waals surface area (Å²) in [5, 5.41) is 0. The molecule has 0 unspecified atom stereocenters. The van der Waals surface area contributed by atoms with E-state index in [0.29, 0.717) is 4.47 Å².